The van der Waals surface area contributed by atoms with Crippen molar-refractivity contribution in [2.24, 2.45) is 5.92 Å². The lowest BCUT2D eigenvalue weighted by Crippen LogP contribution is -2.39. The number of carbonyl (C=O) groups is 2. The number of carbonyl (C=O) groups excluding carboxylic acids is 2. The van der Waals surface area contributed by atoms with E-state index in [1.54, 1.807) is 23.1 Å². The molecule has 28 heavy (non-hydrogen) atoms. The topological polar surface area (TPSA) is 111 Å². The van der Waals surface area contributed by atoms with E-state index in [0.717, 1.165) is 0 Å². The first-order chi connectivity index (χ1) is 13.4. The second kappa shape index (κ2) is 7.50. The van der Waals surface area contributed by atoms with Crippen LogP contribution in [0.5, 0.6) is 17.2 Å². The summed E-state index contributed by atoms with van der Waals surface area (Å²) in [4.78, 5) is 26.1. The molecular weight excluding hydrogens is 388 g/mol. The van der Waals surface area contributed by atoms with Gasteiger partial charge in [0, 0.05) is 25.1 Å². The molecule has 0 radical (unpaired) electrons. The summed E-state index contributed by atoms with van der Waals surface area (Å²) in [5, 5.41) is 2.78. The highest BCUT2D eigenvalue weighted by molar-refractivity contribution is 7.91. The van der Waals surface area contributed by atoms with Crippen molar-refractivity contribution in [3.8, 4) is 17.2 Å². The molecular formula is C18H22N2O7S. The zero-order valence-corrected chi connectivity index (χ0v) is 16.1. The molecule has 2 amide bonds. The van der Waals surface area contributed by atoms with Crippen molar-refractivity contribution in [2.45, 2.75) is 18.9 Å². The van der Waals surface area contributed by atoms with Crippen molar-refractivity contribution >= 4 is 21.7 Å². The highest BCUT2D eigenvalue weighted by Gasteiger charge is 2.41. The minimum atomic E-state index is -3.07. The minimum Gasteiger partial charge on any atom is -0.492 e. The van der Waals surface area contributed by atoms with Gasteiger partial charge in [-0.2, -0.15) is 0 Å². The third-order valence-corrected chi connectivity index (χ3v) is 6.94. The molecule has 1 N–H and O–H groups in total. The first-order valence-corrected chi connectivity index (χ1v) is 11.0. The maximum Gasteiger partial charge on any atom is 0.231 e. The molecule has 3 heterocycles. The van der Waals surface area contributed by atoms with E-state index in [1.165, 1.54) is 0 Å². The Hall–Kier alpha value is -2.49. The predicted molar refractivity (Wildman–Crippen MR) is 97.9 cm³/mol. The lowest BCUT2D eigenvalue weighted by molar-refractivity contribution is -0.130. The van der Waals surface area contributed by atoms with Gasteiger partial charge in [0.05, 0.1) is 24.0 Å². The van der Waals surface area contributed by atoms with Gasteiger partial charge >= 0.3 is 0 Å². The highest BCUT2D eigenvalue weighted by atomic mass is 32.2. The Morgan fingerprint density at radius 3 is 2.89 bits per heavy atom. The Morgan fingerprint density at radius 2 is 2.11 bits per heavy atom. The highest BCUT2D eigenvalue weighted by Crippen LogP contribution is 2.35. The molecule has 1 aromatic rings. The molecule has 2 atom stereocenters. The number of fused-ring (bicyclic) bond motifs is 1. The number of hydrogen-bond acceptors (Lipinski definition) is 7. The second-order valence-electron chi connectivity index (χ2n) is 7.16. The molecule has 0 spiro atoms. The van der Waals surface area contributed by atoms with E-state index in [9.17, 15) is 18.0 Å². The van der Waals surface area contributed by atoms with Crippen LogP contribution in [0, 0.1) is 5.92 Å². The van der Waals surface area contributed by atoms with Gasteiger partial charge < -0.3 is 24.4 Å². The molecule has 9 nitrogen and oxygen atoms in total. The largest absolute Gasteiger partial charge is 0.492 e. The van der Waals surface area contributed by atoms with Crippen LogP contribution in [0.3, 0.4) is 0 Å². The molecule has 4 rings (SSSR count). The van der Waals surface area contributed by atoms with Crippen molar-refractivity contribution < 1.29 is 32.2 Å². The number of hydrogen-bond donors (Lipinski definition) is 1. The van der Waals surface area contributed by atoms with Gasteiger partial charge in [0.25, 0.3) is 0 Å². The number of rotatable bonds is 6. The van der Waals surface area contributed by atoms with Gasteiger partial charge in [0.1, 0.15) is 12.4 Å². The van der Waals surface area contributed by atoms with Crippen LogP contribution in [0.4, 0.5) is 0 Å². The summed E-state index contributed by atoms with van der Waals surface area (Å²) in [6.07, 6.45) is 0.567. The summed E-state index contributed by atoms with van der Waals surface area (Å²) in [6, 6.07) is 4.95. The van der Waals surface area contributed by atoms with Crippen LogP contribution < -0.4 is 19.5 Å². The van der Waals surface area contributed by atoms with Crippen molar-refractivity contribution in [2.75, 3.05) is 38.0 Å². The summed E-state index contributed by atoms with van der Waals surface area (Å²) in [7, 11) is -3.07. The average molecular weight is 410 g/mol. The fraction of sp³-hybridized carbons (Fsp3) is 0.556. The molecule has 0 unspecified atom stereocenters. The van der Waals surface area contributed by atoms with Gasteiger partial charge in [-0.1, -0.05) is 0 Å². The first-order valence-electron chi connectivity index (χ1n) is 9.21. The lowest BCUT2D eigenvalue weighted by atomic mass is 10.1. The van der Waals surface area contributed by atoms with Crippen LogP contribution in [0.2, 0.25) is 0 Å². The van der Waals surface area contributed by atoms with Crippen LogP contribution in [0.15, 0.2) is 18.2 Å². The quantitative estimate of drug-likeness (QED) is 0.655. The summed E-state index contributed by atoms with van der Waals surface area (Å²) in [6.45, 7) is 1.04. The predicted octanol–water partition coefficient (Wildman–Crippen LogP) is -0.0541. The smallest absolute Gasteiger partial charge is 0.231 e. The Morgan fingerprint density at radius 1 is 1.29 bits per heavy atom. The van der Waals surface area contributed by atoms with Gasteiger partial charge in [-0.25, -0.2) is 8.42 Å². The SMILES string of the molecule is O=C(NCCOc1ccc2c(c1)OCO2)[C@@H]1CC(=O)N([C@@H]2CCS(=O)(=O)C2)C1. The standard InChI is InChI=1S/C18H22N2O7S/c21-17-7-12(9-20(17)13-3-6-28(23,24)10-13)18(22)19-4-5-25-14-1-2-15-16(8-14)27-11-26-15/h1-2,8,12-13H,3-7,9-11H2,(H,19,22)/t12-,13-/m1/s1. The summed E-state index contributed by atoms with van der Waals surface area (Å²) >= 11 is 0. The summed E-state index contributed by atoms with van der Waals surface area (Å²) in [5.74, 6) is 1.19. The summed E-state index contributed by atoms with van der Waals surface area (Å²) in [5.41, 5.74) is 0. The number of nitrogens with zero attached hydrogens (tertiary/aromatic N) is 1. The van der Waals surface area contributed by atoms with Crippen LogP contribution in [-0.4, -0.2) is 69.2 Å². The average Bonchev–Trinajstić information content (AvgIpc) is 3.36. The third kappa shape index (κ3) is 4.01. The number of ether oxygens (including phenoxy) is 3. The number of amides is 2. The molecule has 1 aromatic carbocycles. The van der Waals surface area contributed by atoms with Crippen LogP contribution >= 0.6 is 0 Å². The number of sulfone groups is 1. The molecule has 0 aromatic heterocycles. The van der Waals surface area contributed by atoms with Crippen molar-refractivity contribution in [1.82, 2.24) is 10.2 Å². The number of nitrogens with one attached hydrogen (secondary N) is 1. The van der Waals surface area contributed by atoms with E-state index in [1.807, 2.05) is 0 Å². The minimum absolute atomic E-state index is 0.00352. The molecule has 0 aliphatic carbocycles. The van der Waals surface area contributed by atoms with Gasteiger partial charge in [0.2, 0.25) is 18.6 Å². The molecule has 0 bridgehead atoms. The molecule has 0 saturated carbocycles. The first kappa shape index (κ1) is 18.9. The van der Waals surface area contributed by atoms with Crippen molar-refractivity contribution in [3.63, 3.8) is 0 Å². The fourth-order valence-electron chi connectivity index (χ4n) is 3.74. The number of likely N-dealkylation sites (tertiary alicyclic amines) is 1. The monoisotopic (exact) mass is 410 g/mol. The molecule has 2 fully saturated rings. The Kier molecular flexibility index (Phi) is 5.05. The number of benzene rings is 1. The third-order valence-electron chi connectivity index (χ3n) is 5.19. The van der Waals surface area contributed by atoms with E-state index >= 15 is 0 Å². The van der Waals surface area contributed by atoms with Crippen LogP contribution in [0.25, 0.3) is 0 Å². The van der Waals surface area contributed by atoms with E-state index in [2.05, 4.69) is 5.32 Å². The summed E-state index contributed by atoms with van der Waals surface area (Å²) < 4.78 is 39.4. The van der Waals surface area contributed by atoms with Crippen LogP contribution in [0.1, 0.15) is 12.8 Å². The zero-order valence-electron chi connectivity index (χ0n) is 15.3. The second-order valence-corrected chi connectivity index (χ2v) is 9.39. The maximum absolute atomic E-state index is 12.3. The molecule has 3 aliphatic rings. The normalized spacial score (nSPS) is 25.1. The van der Waals surface area contributed by atoms with Gasteiger partial charge in [0.15, 0.2) is 21.3 Å². The zero-order chi connectivity index (χ0) is 19.7. The molecule has 10 heteroatoms. The van der Waals surface area contributed by atoms with Gasteiger partial charge in [-0.15, -0.1) is 0 Å². The Bertz CT molecular complexity index is 886. The van der Waals surface area contributed by atoms with Gasteiger partial charge in [-0.3, -0.25) is 9.59 Å². The molecule has 152 valence electrons. The van der Waals surface area contributed by atoms with Crippen molar-refractivity contribution in [1.29, 1.82) is 0 Å². The van der Waals surface area contributed by atoms with Gasteiger partial charge in [-0.05, 0) is 18.6 Å². The lowest BCUT2D eigenvalue weighted by Gasteiger charge is -2.22. The van der Waals surface area contributed by atoms with E-state index in [0.29, 0.717) is 30.2 Å². The Balaban J connectivity index is 1.22. The Labute approximate surface area is 162 Å². The maximum atomic E-state index is 12.3. The molecule has 2 saturated heterocycles. The van der Waals surface area contributed by atoms with E-state index in [-0.39, 0.29) is 55.7 Å². The van der Waals surface area contributed by atoms with Crippen LogP contribution in [-0.2, 0) is 19.4 Å². The van der Waals surface area contributed by atoms with Crippen molar-refractivity contribution in [3.05, 3.63) is 18.2 Å². The fourth-order valence-corrected chi connectivity index (χ4v) is 5.47. The molecule has 3 aliphatic heterocycles. The van der Waals surface area contributed by atoms with E-state index in [4.69, 9.17) is 14.2 Å². The van der Waals surface area contributed by atoms with E-state index < -0.39 is 15.8 Å².